The molecule has 4 rings (SSSR count). The topological polar surface area (TPSA) is 131 Å². The number of nitrogens with zero attached hydrogens (tertiary/aromatic N) is 3. The van der Waals surface area contributed by atoms with Crippen LogP contribution in [0.3, 0.4) is 0 Å². The molecule has 164 valence electrons. The first-order valence-corrected chi connectivity index (χ1v) is 9.82. The van der Waals surface area contributed by atoms with E-state index in [1.165, 1.54) is 16.5 Å². The van der Waals surface area contributed by atoms with Gasteiger partial charge in [-0.2, -0.15) is 0 Å². The number of ether oxygens (including phenoxy) is 1. The fraction of sp³-hybridized carbons (Fsp3) is 0.182. The fourth-order valence-corrected chi connectivity index (χ4v) is 3.52. The molecule has 0 saturated carbocycles. The Bertz CT molecular complexity index is 1300. The molecule has 2 heterocycles. The third kappa shape index (κ3) is 3.85. The highest BCUT2D eigenvalue weighted by Crippen LogP contribution is 2.31. The first-order valence-electron chi connectivity index (χ1n) is 9.82. The minimum absolute atomic E-state index is 0.118. The van der Waals surface area contributed by atoms with Crippen molar-refractivity contribution in [3.8, 4) is 5.75 Å². The van der Waals surface area contributed by atoms with E-state index in [-0.39, 0.29) is 37.1 Å². The van der Waals surface area contributed by atoms with Crippen LogP contribution >= 0.6 is 0 Å². The van der Waals surface area contributed by atoms with E-state index in [1.807, 2.05) is 30.3 Å². The van der Waals surface area contributed by atoms with E-state index in [0.29, 0.717) is 11.4 Å². The monoisotopic (exact) mass is 435 g/mol. The van der Waals surface area contributed by atoms with Crippen LogP contribution in [0, 0.1) is 0 Å². The van der Waals surface area contributed by atoms with Gasteiger partial charge in [0.15, 0.2) is 12.3 Å². The highest BCUT2D eigenvalue weighted by atomic mass is 16.5. The molecule has 3 aromatic rings. The Morgan fingerprint density at radius 1 is 1.09 bits per heavy atom. The van der Waals surface area contributed by atoms with Crippen molar-refractivity contribution in [2.75, 3.05) is 35.7 Å². The van der Waals surface area contributed by atoms with E-state index >= 15 is 0 Å². The summed E-state index contributed by atoms with van der Waals surface area (Å²) < 4.78 is 6.57. The molecule has 0 spiro atoms. The quantitative estimate of drug-likeness (QED) is 0.602. The molecular weight excluding hydrogens is 414 g/mol. The summed E-state index contributed by atoms with van der Waals surface area (Å²) in [4.78, 5) is 54.8. The molecule has 2 aromatic carbocycles. The Morgan fingerprint density at radius 2 is 1.78 bits per heavy atom. The molecule has 0 atom stereocenters. The SMILES string of the molecule is CN(C(=O)CN1C(=O)COc2ccccc21)c1c(N)n(Cc2ccccc2)c(=O)[nH]c1=O. The van der Waals surface area contributed by atoms with Crippen molar-refractivity contribution >= 4 is 29.0 Å². The number of carbonyl (C=O) groups excluding carboxylic acids is 2. The fourth-order valence-electron chi connectivity index (χ4n) is 3.52. The molecule has 0 unspecified atom stereocenters. The number of H-pyrrole nitrogens is 1. The van der Waals surface area contributed by atoms with Crippen molar-refractivity contribution in [1.29, 1.82) is 0 Å². The minimum atomic E-state index is -0.790. The predicted octanol–water partition coefficient (Wildman–Crippen LogP) is 0.555. The summed E-state index contributed by atoms with van der Waals surface area (Å²) in [5, 5.41) is 0. The number of amides is 2. The normalized spacial score (nSPS) is 12.8. The number of nitrogens with one attached hydrogen (secondary N) is 1. The number of aromatic nitrogens is 2. The maximum atomic E-state index is 13.0. The van der Waals surface area contributed by atoms with Gasteiger partial charge in [0.1, 0.15) is 18.1 Å². The van der Waals surface area contributed by atoms with Gasteiger partial charge in [-0.25, -0.2) is 4.79 Å². The van der Waals surface area contributed by atoms with Gasteiger partial charge < -0.3 is 15.4 Å². The van der Waals surface area contributed by atoms with Crippen LogP contribution in [0.4, 0.5) is 17.2 Å². The molecule has 0 aliphatic carbocycles. The first-order chi connectivity index (χ1) is 15.4. The Balaban J connectivity index is 1.65. The zero-order valence-corrected chi connectivity index (χ0v) is 17.3. The molecule has 0 saturated heterocycles. The molecule has 10 nitrogen and oxygen atoms in total. The predicted molar refractivity (Wildman–Crippen MR) is 119 cm³/mol. The van der Waals surface area contributed by atoms with Gasteiger partial charge in [0.25, 0.3) is 11.5 Å². The standard InChI is InChI=1S/C22H21N5O5/c1-25(17(28)12-26-15-9-5-6-10-16(15)32-13-18(26)29)19-20(23)27(22(31)24-21(19)30)11-14-7-3-2-4-8-14/h2-10H,11-13,23H2,1H3,(H,24,30,31). The number of para-hydroxylation sites is 2. The van der Waals surface area contributed by atoms with E-state index in [2.05, 4.69) is 4.98 Å². The van der Waals surface area contributed by atoms with Crippen LogP contribution < -0.4 is 31.5 Å². The van der Waals surface area contributed by atoms with Crippen molar-refractivity contribution in [2.24, 2.45) is 0 Å². The van der Waals surface area contributed by atoms with Gasteiger partial charge in [0.2, 0.25) is 5.91 Å². The third-order valence-electron chi connectivity index (χ3n) is 5.21. The molecule has 3 N–H and O–H groups in total. The van der Waals surface area contributed by atoms with Crippen LogP contribution in [-0.4, -0.2) is 41.6 Å². The molecule has 1 aromatic heterocycles. The lowest BCUT2D eigenvalue weighted by Crippen LogP contribution is -2.47. The lowest BCUT2D eigenvalue weighted by Gasteiger charge is -2.30. The number of likely N-dealkylation sites (N-methyl/N-ethyl adjacent to an activating group) is 1. The number of carbonyl (C=O) groups is 2. The number of benzene rings is 2. The molecule has 1 aliphatic rings. The van der Waals surface area contributed by atoms with E-state index in [4.69, 9.17) is 10.5 Å². The molecule has 2 amide bonds. The molecule has 0 radical (unpaired) electrons. The number of hydrogen-bond acceptors (Lipinski definition) is 6. The van der Waals surface area contributed by atoms with Crippen LogP contribution in [0.5, 0.6) is 5.75 Å². The van der Waals surface area contributed by atoms with Crippen molar-refractivity contribution < 1.29 is 14.3 Å². The van der Waals surface area contributed by atoms with Gasteiger partial charge in [-0.15, -0.1) is 0 Å². The van der Waals surface area contributed by atoms with Crippen molar-refractivity contribution in [1.82, 2.24) is 9.55 Å². The molecule has 32 heavy (non-hydrogen) atoms. The number of rotatable bonds is 5. The zero-order valence-electron chi connectivity index (χ0n) is 17.3. The minimum Gasteiger partial charge on any atom is -0.482 e. The molecule has 1 aliphatic heterocycles. The summed E-state index contributed by atoms with van der Waals surface area (Å²) in [6, 6.07) is 15.9. The molecule has 10 heteroatoms. The van der Waals surface area contributed by atoms with Crippen LogP contribution in [0.25, 0.3) is 0 Å². The highest BCUT2D eigenvalue weighted by Gasteiger charge is 2.29. The Labute approximate surface area is 182 Å². The van der Waals surface area contributed by atoms with Gasteiger partial charge in [-0.3, -0.25) is 28.8 Å². The first kappa shape index (κ1) is 20.9. The van der Waals surface area contributed by atoms with Crippen LogP contribution in [-0.2, 0) is 16.1 Å². The average Bonchev–Trinajstić information content (AvgIpc) is 2.79. The van der Waals surface area contributed by atoms with Gasteiger partial charge in [0.05, 0.1) is 12.2 Å². The maximum Gasteiger partial charge on any atom is 0.330 e. The summed E-state index contributed by atoms with van der Waals surface area (Å²) in [6.45, 7) is -0.405. The van der Waals surface area contributed by atoms with Crippen LogP contribution in [0.2, 0.25) is 0 Å². The third-order valence-corrected chi connectivity index (χ3v) is 5.21. The van der Waals surface area contributed by atoms with E-state index in [1.54, 1.807) is 24.3 Å². The zero-order chi connectivity index (χ0) is 22.8. The number of anilines is 3. The average molecular weight is 435 g/mol. The Morgan fingerprint density at radius 3 is 2.53 bits per heavy atom. The van der Waals surface area contributed by atoms with Crippen molar-refractivity contribution in [2.45, 2.75) is 6.54 Å². The van der Waals surface area contributed by atoms with Gasteiger partial charge in [0, 0.05) is 7.05 Å². The number of aromatic amines is 1. The molecular formula is C22H21N5O5. The summed E-state index contributed by atoms with van der Waals surface area (Å²) in [5.74, 6) is -0.609. The van der Waals surface area contributed by atoms with Gasteiger partial charge >= 0.3 is 5.69 Å². The summed E-state index contributed by atoms with van der Waals surface area (Å²) in [5.41, 5.74) is 5.77. The van der Waals surface area contributed by atoms with Crippen LogP contribution in [0.15, 0.2) is 64.2 Å². The van der Waals surface area contributed by atoms with Crippen molar-refractivity contribution in [3.05, 3.63) is 81.0 Å². The number of fused-ring (bicyclic) bond motifs is 1. The number of nitrogens with two attached hydrogens (primary N) is 1. The summed E-state index contributed by atoms with van der Waals surface area (Å²) in [7, 11) is 1.37. The number of nitrogen functional groups attached to an aromatic ring is 1. The largest absolute Gasteiger partial charge is 0.482 e. The van der Waals surface area contributed by atoms with Crippen molar-refractivity contribution in [3.63, 3.8) is 0 Å². The van der Waals surface area contributed by atoms with Gasteiger partial charge in [-0.05, 0) is 17.7 Å². The lowest BCUT2D eigenvalue weighted by atomic mass is 10.2. The summed E-state index contributed by atoms with van der Waals surface area (Å²) >= 11 is 0. The van der Waals surface area contributed by atoms with E-state index < -0.39 is 17.2 Å². The second-order valence-electron chi connectivity index (χ2n) is 7.25. The second kappa shape index (κ2) is 8.42. The second-order valence-corrected chi connectivity index (χ2v) is 7.25. The Hall–Kier alpha value is -4.34. The van der Waals surface area contributed by atoms with E-state index in [9.17, 15) is 19.2 Å². The molecule has 0 fully saturated rings. The Kier molecular flexibility index (Phi) is 5.50. The smallest absolute Gasteiger partial charge is 0.330 e. The van der Waals surface area contributed by atoms with E-state index in [0.717, 1.165) is 10.5 Å². The van der Waals surface area contributed by atoms with Crippen LogP contribution in [0.1, 0.15) is 5.56 Å². The maximum absolute atomic E-state index is 13.0. The van der Waals surface area contributed by atoms with Gasteiger partial charge in [-0.1, -0.05) is 42.5 Å². The number of hydrogen-bond donors (Lipinski definition) is 2. The lowest BCUT2D eigenvalue weighted by molar-refractivity contribution is -0.124. The summed E-state index contributed by atoms with van der Waals surface area (Å²) in [6.07, 6.45) is 0. The molecule has 0 bridgehead atoms. The highest BCUT2D eigenvalue weighted by molar-refractivity contribution is 6.06.